The molecule has 0 N–H and O–H groups in total. The highest BCUT2D eigenvalue weighted by atomic mass is 79.9. The Labute approximate surface area is 102 Å². The molecule has 0 atom stereocenters. The summed E-state index contributed by atoms with van der Waals surface area (Å²) in [4.78, 5) is 14.7. The molecule has 0 aromatic carbocycles. The fourth-order valence-corrected chi connectivity index (χ4v) is 3.00. The summed E-state index contributed by atoms with van der Waals surface area (Å²) >= 11 is 3.58. The molecule has 0 saturated heterocycles. The van der Waals surface area contributed by atoms with E-state index in [1.165, 1.54) is 12.8 Å². The van der Waals surface area contributed by atoms with Gasteiger partial charge in [0.15, 0.2) is 0 Å². The molecule has 0 bridgehead atoms. The Hall–Kier alpha value is -0.0500. The average Bonchev–Trinajstić information content (AvgIpc) is 2.14. The van der Waals surface area contributed by atoms with Gasteiger partial charge in [-0.15, -0.1) is 0 Å². The summed E-state index contributed by atoms with van der Waals surface area (Å²) in [6, 6.07) is 0. The fraction of sp³-hybridized carbons (Fsp3) is 0.917. The summed E-state index contributed by atoms with van der Waals surface area (Å²) in [5.41, 5.74) is -0.202. The van der Waals surface area contributed by atoms with Gasteiger partial charge in [-0.1, -0.05) is 36.7 Å². The number of carbonyl (C=O) groups is 1. The van der Waals surface area contributed by atoms with Crippen LogP contribution in [-0.4, -0.2) is 29.2 Å². The molecule has 1 aliphatic carbocycles. The second-order valence-electron chi connectivity index (χ2n) is 5.36. The van der Waals surface area contributed by atoms with Crippen molar-refractivity contribution >= 4 is 21.8 Å². The molecule has 1 aliphatic rings. The van der Waals surface area contributed by atoms with Gasteiger partial charge < -0.3 is 4.90 Å². The van der Waals surface area contributed by atoms with Gasteiger partial charge in [-0.25, -0.2) is 0 Å². The van der Waals surface area contributed by atoms with E-state index in [0.717, 1.165) is 13.0 Å². The van der Waals surface area contributed by atoms with E-state index in [1.807, 2.05) is 25.8 Å². The minimum absolute atomic E-state index is 0.202. The van der Waals surface area contributed by atoms with Crippen LogP contribution in [0.2, 0.25) is 0 Å². The third kappa shape index (κ3) is 3.20. The summed E-state index contributed by atoms with van der Waals surface area (Å²) in [7, 11) is 1.93. The lowest BCUT2D eigenvalue weighted by molar-refractivity contribution is -0.140. The van der Waals surface area contributed by atoms with Gasteiger partial charge in [0.05, 0.1) is 0 Å². The van der Waals surface area contributed by atoms with Crippen LogP contribution in [0.1, 0.15) is 40.0 Å². The average molecular weight is 276 g/mol. The summed E-state index contributed by atoms with van der Waals surface area (Å²) in [5.74, 6) is 0.985. The quantitative estimate of drug-likeness (QED) is 0.723. The van der Waals surface area contributed by atoms with E-state index in [-0.39, 0.29) is 11.3 Å². The van der Waals surface area contributed by atoms with Gasteiger partial charge in [0.25, 0.3) is 0 Å². The van der Waals surface area contributed by atoms with Crippen LogP contribution >= 0.6 is 15.9 Å². The number of amides is 1. The van der Waals surface area contributed by atoms with Crippen LogP contribution in [-0.2, 0) is 4.79 Å². The van der Waals surface area contributed by atoms with Crippen molar-refractivity contribution in [2.24, 2.45) is 11.3 Å². The molecule has 2 nitrogen and oxygen atoms in total. The lowest BCUT2D eigenvalue weighted by Crippen LogP contribution is -2.43. The number of carbonyl (C=O) groups excluding carboxylic acids is 1. The molecule has 3 heteroatoms. The monoisotopic (exact) mass is 275 g/mol. The maximum absolute atomic E-state index is 12.1. The van der Waals surface area contributed by atoms with Crippen LogP contribution in [0, 0.1) is 11.3 Å². The summed E-state index contributed by atoms with van der Waals surface area (Å²) in [6.07, 6.45) is 3.33. The molecule has 88 valence electrons. The first kappa shape index (κ1) is 13.0. The largest absolute Gasteiger partial charge is 0.345 e. The number of halogens is 1. The smallest absolute Gasteiger partial charge is 0.227 e. The molecule has 0 heterocycles. The van der Waals surface area contributed by atoms with E-state index >= 15 is 0 Å². The minimum Gasteiger partial charge on any atom is -0.345 e. The Balaban J connectivity index is 2.40. The van der Waals surface area contributed by atoms with Crippen LogP contribution < -0.4 is 0 Å². The molecule has 0 aliphatic heterocycles. The van der Waals surface area contributed by atoms with Gasteiger partial charge in [0.2, 0.25) is 5.91 Å². The predicted molar refractivity (Wildman–Crippen MR) is 67.1 cm³/mol. The number of hydrogen-bond acceptors (Lipinski definition) is 1. The molecule has 1 fully saturated rings. The van der Waals surface area contributed by atoms with E-state index in [0.29, 0.717) is 10.7 Å². The third-order valence-electron chi connectivity index (χ3n) is 3.52. The van der Waals surface area contributed by atoms with Crippen molar-refractivity contribution in [3.63, 3.8) is 0 Å². The second kappa shape index (κ2) is 4.86. The van der Waals surface area contributed by atoms with Gasteiger partial charge >= 0.3 is 0 Å². The topological polar surface area (TPSA) is 20.3 Å². The maximum Gasteiger partial charge on any atom is 0.227 e. The van der Waals surface area contributed by atoms with Crippen molar-refractivity contribution in [3.05, 3.63) is 0 Å². The van der Waals surface area contributed by atoms with Gasteiger partial charge in [0.1, 0.15) is 0 Å². The van der Waals surface area contributed by atoms with Gasteiger partial charge in [-0.05, 0) is 25.2 Å². The molecule has 0 unspecified atom stereocenters. The zero-order valence-electron chi connectivity index (χ0n) is 10.2. The van der Waals surface area contributed by atoms with Gasteiger partial charge in [-0.3, -0.25) is 4.79 Å². The van der Waals surface area contributed by atoms with Crippen molar-refractivity contribution < 1.29 is 4.79 Å². The van der Waals surface area contributed by atoms with Crippen molar-refractivity contribution in [2.45, 2.75) is 44.9 Å². The predicted octanol–water partition coefficient (Wildman–Crippen LogP) is 3.05. The molecule has 1 amide bonds. The number of rotatable bonds is 4. The fourth-order valence-electron chi connectivity index (χ4n) is 1.94. The van der Waals surface area contributed by atoms with Crippen LogP contribution in [0.4, 0.5) is 0 Å². The van der Waals surface area contributed by atoms with Crippen molar-refractivity contribution in [2.75, 3.05) is 13.6 Å². The SMILES string of the molecule is CCC(C)(C)C(=O)N(C)CC1CC(Br)C1. The second-order valence-corrected chi connectivity index (χ2v) is 6.65. The van der Waals surface area contributed by atoms with Crippen molar-refractivity contribution in [1.29, 1.82) is 0 Å². The van der Waals surface area contributed by atoms with Crippen molar-refractivity contribution in [3.8, 4) is 0 Å². The van der Waals surface area contributed by atoms with E-state index in [2.05, 4.69) is 22.9 Å². The number of hydrogen-bond donors (Lipinski definition) is 0. The van der Waals surface area contributed by atoms with Crippen LogP contribution in [0.3, 0.4) is 0 Å². The summed E-state index contributed by atoms with van der Waals surface area (Å²) < 4.78 is 0. The first-order valence-electron chi connectivity index (χ1n) is 5.76. The van der Waals surface area contributed by atoms with Crippen molar-refractivity contribution in [1.82, 2.24) is 4.90 Å². The van der Waals surface area contributed by atoms with E-state index in [4.69, 9.17) is 0 Å². The normalized spacial score (nSPS) is 25.9. The molecule has 1 saturated carbocycles. The van der Waals surface area contributed by atoms with Crippen LogP contribution in [0.25, 0.3) is 0 Å². The highest BCUT2D eigenvalue weighted by Crippen LogP contribution is 2.34. The lowest BCUT2D eigenvalue weighted by Gasteiger charge is -2.36. The maximum atomic E-state index is 12.1. The van der Waals surface area contributed by atoms with E-state index in [9.17, 15) is 4.79 Å². The minimum atomic E-state index is -0.202. The first-order valence-corrected chi connectivity index (χ1v) is 6.68. The molecule has 0 aromatic rings. The molecule has 15 heavy (non-hydrogen) atoms. The molecule has 0 aromatic heterocycles. The first-order chi connectivity index (χ1) is 6.86. The molecular formula is C12H22BrNO. The highest BCUT2D eigenvalue weighted by molar-refractivity contribution is 9.09. The Morgan fingerprint density at radius 1 is 1.47 bits per heavy atom. The molecule has 0 radical (unpaired) electrons. The zero-order valence-corrected chi connectivity index (χ0v) is 11.8. The summed E-state index contributed by atoms with van der Waals surface area (Å²) in [5, 5.41) is 0. The van der Waals surface area contributed by atoms with Crippen LogP contribution in [0.5, 0.6) is 0 Å². The van der Waals surface area contributed by atoms with Gasteiger partial charge in [-0.2, -0.15) is 0 Å². The molecule has 0 spiro atoms. The standard InChI is InChI=1S/C12H22BrNO/c1-5-12(2,3)11(15)14(4)8-9-6-10(13)7-9/h9-10H,5-8H2,1-4H3. The van der Waals surface area contributed by atoms with Crippen LogP contribution in [0.15, 0.2) is 0 Å². The Morgan fingerprint density at radius 2 is 2.00 bits per heavy atom. The number of alkyl halides is 1. The van der Waals surface area contributed by atoms with E-state index in [1.54, 1.807) is 0 Å². The summed E-state index contributed by atoms with van der Waals surface area (Å²) in [6.45, 7) is 7.05. The Bertz CT molecular complexity index is 234. The Morgan fingerprint density at radius 3 is 2.40 bits per heavy atom. The molecule has 1 rings (SSSR count). The zero-order chi connectivity index (χ0) is 11.6. The number of nitrogens with zero attached hydrogens (tertiary/aromatic N) is 1. The Kier molecular flexibility index (Phi) is 4.21. The highest BCUT2D eigenvalue weighted by Gasteiger charge is 2.33. The molecular weight excluding hydrogens is 254 g/mol. The van der Waals surface area contributed by atoms with Gasteiger partial charge in [0, 0.05) is 23.8 Å². The third-order valence-corrected chi connectivity index (χ3v) is 4.27. The van der Waals surface area contributed by atoms with E-state index < -0.39 is 0 Å². The lowest BCUT2D eigenvalue weighted by atomic mass is 9.83.